The molecule has 1 aliphatic rings. The molecule has 0 atom stereocenters. The van der Waals surface area contributed by atoms with Crippen LogP contribution in [0.2, 0.25) is 0 Å². The van der Waals surface area contributed by atoms with Crippen molar-refractivity contribution >= 4 is 17.3 Å². The predicted octanol–water partition coefficient (Wildman–Crippen LogP) is 1.94. The van der Waals surface area contributed by atoms with Gasteiger partial charge < -0.3 is 5.32 Å². The summed E-state index contributed by atoms with van der Waals surface area (Å²) < 4.78 is 0. The first-order valence-electron chi connectivity index (χ1n) is 6.34. The lowest BCUT2D eigenvalue weighted by atomic mass is 10.1. The number of aryl methyl sites for hydroxylation is 1. The van der Waals surface area contributed by atoms with Crippen molar-refractivity contribution in [2.45, 2.75) is 19.8 Å². The molecule has 6 nitrogen and oxygen atoms in total. The monoisotopic (exact) mass is 263 g/mol. The molecule has 2 rings (SSSR count). The first kappa shape index (κ1) is 13.5. The molecule has 1 amide bonds. The van der Waals surface area contributed by atoms with E-state index in [1.807, 2.05) is 0 Å². The molecule has 1 aromatic carbocycles. The third-order valence-corrected chi connectivity index (χ3v) is 3.28. The minimum atomic E-state index is -0.474. The Morgan fingerprint density at radius 1 is 1.42 bits per heavy atom. The van der Waals surface area contributed by atoms with E-state index in [9.17, 15) is 14.9 Å². The van der Waals surface area contributed by atoms with Crippen LogP contribution in [0.4, 0.5) is 11.4 Å². The highest BCUT2D eigenvalue weighted by Crippen LogP contribution is 2.27. The highest BCUT2D eigenvalue weighted by molar-refractivity contribution is 5.95. The molecule has 0 aromatic heterocycles. The van der Waals surface area contributed by atoms with Crippen LogP contribution in [0.3, 0.4) is 0 Å². The number of anilines is 1. The van der Waals surface area contributed by atoms with Crippen LogP contribution in [0.15, 0.2) is 18.2 Å². The first-order valence-corrected chi connectivity index (χ1v) is 6.34. The van der Waals surface area contributed by atoms with Crippen LogP contribution in [0.5, 0.6) is 0 Å². The summed E-state index contributed by atoms with van der Waals surface area (Å²) in [5.74, 6) is -0.195. The van der Waals surface area contributed by atoms with Crippen LogP contribution < -0.4 is 5.32 Å². The fourth-order valence-electron chi connectivity index (χ4n) is 2.29. The van der Waals surface area contributed by atoms with E-state index in [0.29, 0.717) is 17.8 Å². The van der Waals surface area contributed by atoms with Gasteiger partial charge in [-0.1, -0.05) is 12.1 Å². The predicted molar refractivity (Wildman–Crippen MR) is 72.1 cm³/mol. The van der Waals surface area contributed by atoms with Crippen LogP contribution in [0.25, 0.3) is 0 Å². The molecule has 1 N–H and O–H groups in total. The number of benzene rings is 1. The lowest BCUT2D eigenvalue weighted by Crippen LogP contribution is -2.31. The summed E-state index contributed by atoms with van der Waals surface area (Å²) >= 11 is 0. The maximum absolute atomic E-state index is 11.9. The number of para-hydroxylation sites is 1. The maximum atomic E-state index is 11.9. The number of carbonyl (C=O) groups excluding carboxylic acids is 1. The quantitative estimate of drug-likeness (QED) is 0.665. The van der Waals surface area contributed by atoms with Gasteiger partial charge in [-0.2, -0.15) is 0 Å². The molecule has 19 heavy (non-hydrogen) atoms. The standard InChI is InChI=1S/C13H17N3O3/c1-10-5-4-6-11(16(18)19)13(10)14-12(17)9-15-7-2-3-8-15/h4-6H,2-3,7-9H2,1H3,(H,14,17). The third kappa shape index (κ3) is 3.29. The number of amides is 1. The largest absolute Gasteiger partial charge is 0.319 e. The van der Waals surface area contributed by atoms with E-state index in [4.69, 9.17) is 0 Å². The number of hydrogen-bond donors (Lipinski definition) is 1. The topological polar surface area (TPSA) is 75.5 Å². The average molecular weight is 263 g/mol. The summed E-state index contributed by atoms with van der Waals surface area (Å²) in [6, 6.07) is 4.76. The molecule has 0 radical (unpaired) electrons. The van der Waals surface area contributed by atoms with Crippen molar-refractivity contribution in [2.24, 2.45) is 0 Å². The first-order chi connectivity index (χ1) is 9.08. The zero-order chi connectivity index (χ0) is 13.8. The van der Waals surface area contributed by atoms with E-state index >= 15 is 0 Å². The zero-order valence-electron chi connectivity index (χ0n) is 10.9. The molecule has 102 valence electrons. The fourth-order valence-corrected chi connectivity index (χ4v) is 2.29. The van der Waals surface area contributed by atoms with Gasteiger partial charge >= 0.3 is 0 Å². The molecule has 0 unspecified atom stereocenters. The molecular weight excluding hydrogens is 246 g/mol. The van der Waals surface area contributed by atoms with Crippen molar-refractivity contribution in [3.05, 3.63) is 33.9 Å². The summed E-state index contributed by atoms with van der Waals surface area (Å²) in [6.07, 6.45) is 2.22. The molecular formula is C13H17N3O3. The van der Waals surface area contributed by atoms with Crippen LogP contribution in [0, 0.1) is 17.0 Å². The van der Waals surface area contributed by atoms with Gasteiger partial charge in [0.05, 0.1) is 11.5 Å². The summed E-state index contributed by atoms with van der Waals surface area (Å²) in [4.78, 5) is 24.4. The summed E-state index contributed by atoms with van der Waals surface area (Å²) in [6.45, 7) is 3.89. The van der Waals surface area contributed by atoms with Crippen LogP contribution >= 0.6 is 0 Å². The Labute approximate surface area is 111 Å². The van der Waals surface area contributed by atoms with Gasteiger partial charge in [0.15, 0.2) is 0 Å². The number of carbonyl (C=O) groups is 1. The molecule has 0 saturated carbocycles. The Morgan fingerprint density at radius 3 is 2.74 bits per heavy atom. The highest BCUT2D eigenvalue weighted by Gasteiger charge is 2.20. The molecule has 0 aliphatic carbocycles. The molecule has 1 saturated heterocycles. The van der Waals surface area contributed by atoms with Crippen molar-refractivity contribution < 1.29 is 9.72 Å². The Kier molecular flexibility index (Phi) is 4.11. The van der Waals surface area contributed by atoms with E-state index < -0.39 is 4.92 Å². The highest BCUT2D eigenvalue weighted by atomic mass is 16.6. The van der Waals surface area contributed by atoms with Crippen molar-refractivity contribution in [3.8, 4) is 0 Å². The number of nitro groups is 1. The van der Waals surface area contributed by atoms with Crippen LogP contribution in [0.1, 0.15) is 18.4 Å². The minimum Gasteiger partial charge on any atom is -0.319 e. The molecule has 0 spiro atoms. The number of likely N-dealkylation sites (tertiary alicyclic amines) is 1. The zero-order valence-corrected chi connectivity index (χ0v) is 10.9. The van der Waals surface area contributed by atoms with Gasteiger partial charge in [0.25, 0.3) is 5.69 Å². The third-order valence-electron chi connectivity index (χ3n) is 3.28. The van der Waals surface area contributed by atoms with Crippen molar-refractivity contribution in [3.63, 3.8) is 0 Å². The number of rotatable bonds is 4. The molecule has 6 heteroatoms. The second-order valence-electron chi connectivity index (χ2n) is 4.76. The van der Waals surface area contributed by atoms with Gasteiger partial charge in [-0.05, 0) is 38.4 Å². The molecule has 1 aromatic rings. The van der Waals surface area contributed by atoms with E-state index in [-0.39, 0.29) is 11.6 Å². The Balaban J connectivity index is 2.09. The minimum absolute atomic E-state index is 0.0604. The lowest BCUT2D eigenvalue weighted by Gasteiger charge is -2.15. The van der Waals surface area contributed by atoms with Gasteiger partial charge in [-0.25, -0.2) is 0 Å². The Bertz CT molecular complexity index is 496. The van der Waals surface area contributed by atoms with Gasteiger partial charge in [-0.15, -0.1) is 0 Å². The van der Waals surface area contributed by atoms with Crippen LogP contribution in [-0.4, -0.2) is 35.4 Å². The number of hydrogen-bond acceptors (Lipinski definition) is 4. The molecule has 1 aliphatic heterocycles. The van der Waals surface area contributed by atoms with Gasteiger partial charge in [0, 0.05) is 6.07 Å². The second kappa shape index (κ2) is 5.79. The molecule has 0 bridgehead atoms. The van der Waals surface area contributed by atoms with E-state index in [0.717, 1.165) is 25.9 Å². The number of nitro benzene ring substituents is 1. The second-order valence-corrected chi connectivity index (χ2v) is 4.76. The summed E-state index contributed by atoms with van der Waals surface area (Å²) in [5, 5.41) is 13.6. The van der Waals surface area contributed by atoms with Gasteiger partial charge in [0.2, 0.25) is 5.91 Å². The van der Waals surface area contributed by atoms with Gasteiger partial charge in [0.1, 0.15) is 5.69 Å². The summed E-state index contributed by atoms with van der Waals surface area (Å²) in [5.41, 5.74) is 0.940. The maximum Gasteiger partial charge on any atom is 0.293 e. The Hall–Kier alpha value is -1.95. The Morgan fingerprint density at radius 2 is 2.11 bits per heavy atom. The van der Waals surface area contributed by atoms with E-state index in [2.05, 4.69) is 10.2 Å². The average Bonchev–Trinajstić information content (AvgIpc) is 2.84. The van der Waals surface area contributed by atoms with E-state index in [1.165, 1.54) is 6.07 Å². The van der Waals surface area contributed by atoms with Gasteiger partial charge in [-0.3, -0.25) is 19.8 Å². The van der Waals surface area contributed by atoms with Crippen molar-refractivity contribution in [1.29, 1.82) is 0 Å². The molecule has 1 fully saturated rings. The van der Waals surface area contributed by atoms with E-state index in [1.54, 1.807) is 19.1 Å². The fraction of sp³-hybridized carbons (Fsp3) is 0.462. The van der Waals surface area contributed by atoms with Crippen molar-refractivity contribution in [1.82, 2.24) is 4.90 Å². The normalized spacial score (nSPS) is 15.4. The van der Waals surface area contributed by atoms with Crippen molar-refractivity contribution in [2.75, 3.05) is 25.0 Å². The number of nitrogens with zero attached hydrogens (tertiary/aromatic N) is 2. The number of nitrogens with one attached hydrogen (secondary N) is 1. The SMILES string of the molecule is Cc1cccc([N+](=O)[O-])c1NC(=O)CN1CCCC1. The molecule has 1 heterocycles. The van der Waals surface area contributed by atoms with Crippen LogP contribution in [-0.2, 0) is 4.79 Å². The smallest absolute Gasteiger partial charge is 0.293 e. The lowest BCUT2D eigenvalue weighted by molar-refractivity contribution is -0.384. The summed E-state index contributed by atoms with van der Waals surface area (Å²) in [7, 11) is 0.